The maximum absolute atomic E-state index is 14.0. The molecule has 0 N–H and O–H groups in total. The molecule has 0 atom stereocenters. The SMILES string of the molecule is Fc1ccc(-c2ccccc2CN2CC[N]CC2)c(F)c1. The monoisotopic (exact) mass is 287 g/mol. The molecule has 1 fully saturated rings. The quantitative estimate of drug-likeness (QED) is 0.848. The summed E-state index contributed by atoms with van der Waals surface area (Å²) < 4.78 is 27.1. The van der Waals surface area contributed by atoms with E-state index in [0.717, 1.165) is 49.9 Å². The summed E-state index contributed by atoms with van der Waals surface area (Å²) in [5, 5.41) is 4.33. The minimum absolute atomic E-state index is 0.452. The van der Waals surface area contributed by atoms with Gasteiger partial charge in [0.1, 0.15) is 11.6 Å². The molecule has 0 unspecified atom stereocenters. The highest BCUT2D eigenvalue weighted by atomic mass is 19.1. The Balaban J connectivity index is 1.91. The molecule has 21 heavy (non-hydrogen) atoms. The van der Waals surface area contributed by atoms with Crippen molar-refractivity contribution in [2.75, 3.05) is 26.2 Å². The molecule has 0 aliphatic carbocycles. The summed E-state index contributed by atoms with van der Waals surface area (Å²) >= 11 is 0. The Morgan fingerprint density at radius 1 is 0.952 bits per heavy atom. The van der Waals surface area contributed by atoms with Crippen LogP contribution in [0.4, 0.5) is 8.78 Å². The summed E-state index contributed by atoms with van der Waals surface area (Å²) in [5.41, 5.74) is 2.34. The van der Waals surface area contributed by atoms with Crippen molar-refractivity contribution in [1.29, 1.82) is 0 Å². The number of halogens is 2. The fraction of sp³-hybridized carbons (Fsp3) is 0.294. The molecule has 1 aliphatic rings. The minimum atomic E-state index is -0.550. The largest absolute Gasteiger partial charge is 0.296 e. The molecular weight excluding hydrogens is 270 g/mol. The molecule has 1 heterocycles. The summed E-state index contributed by atoms with van der Waals surface area (Å²) in [6.07, 6.45) is 0. The molecular formula is C17H17F2N2. The van der Waals surface area contributed by atoms with Crippen LogP contribution in [0.1, 0.15) is 5.56 Å². The van der Waals surface area contributed by atoms with Gasteiger partial charge in [0.05, 0.1) is 0 Å². The maximum Gasteiger partial charge on any atom is 0.133 e. The first kappa shape index (κ1) is 14.2. The topological polar surface area (TPSA) is 17.3 Å². The van der Waals surface area contributed by atoms with Crippen molar-refractivity contribution >= 4 is 0 Å². The molecule has 1 radical (unpaired) electrons. The van der Waals surface area contributed by atoms with Gasteiger partial charge in [0.25, 0.3) is 0 Å². The van der Waals surface area contributed by atoms with E-state index in [9.17, 15) is 8.78 Å². The second kappa shape index (κ2) is 6.33. The number of nitrogens with zero attached hydrogens (tertiary/aromatic N) is 2. The van der Waals surface area contributed by atoms with Crippen LogP contribution in [0.25, 0.3) is 11.1 Å². The van der Waals surface area contributed by atoms with Crippen LogP contribution in [-0.2, 0) is 6.54 Å². The molecule has 3 rings (SSSR count). The van der Waals surface area contributed by atoms with E-state index in [1.54, 1.807) is 0 Å². The molecule has 0 aromatic heterocycles. The third kappa shape index (κ3) is 3.28. The van der Waals surface area contributed by atoms with Gasteiger partial charge in [-0.05, 0) is 23.3 Å². The summed E-state index contributed by atoms with van der Waals surface area (Å²) in [7, 11) is 0. The summed E-state index contributed by atoms with van der Waals surface area (Å²) in [4.78, 5) is 2.31. The van der Waals surface area contributed by atoms with Crippen molar-refractivity contribution in [3.63, 3.8) is 0 Å². The highest BCUT2D eigenvalue weighted by Gasteiger charge is 2.15. The van der Waals surface area contributed by atoms with E-state index in [1.807, 2.05) is 24.3 Å². The van der Waals surface area contributed by atoms with Crippen LogP contribution in [-0.4, -0.2) is 31.1 Å². The van der Waals surface area contributed by atoms with Crippen LogP contribution in [0.2, 0.25) is 0 Å². The number of benzene rings is 2. The fourth-order valence-electron chi connectivity index (χ4n) is 2.68. The molecule has 0 bridgehead atoms. The van der Waals surface area contributed by atoms with E-state index in [4.69, 9.17) is 0 Å². The van der Waals surface area contributed by atoms with E-state index in [0.29, 0.717) is 5.56 Å². The maximum atomic E-state index is 14.0. The molecule has 109 valence electrons. The number of rotatable bonds is 3. The van der Waals surface area contributed by atoms with E-state index in [2.05, 4.69) is 10.2 Å². The van der Waals surface area contributed by atoms with Gasteiger partial charge in [-0.3, -0.25) is 4.90 Å². The van der Waals surface area contributed by atoms with Gasteiger partial charge in [-0.15, -0.1) is 0 Å². The van der Waals surface area contributed by atoms with Crippen LogP contribution in [0, 0.1) is 11.6 Å². The zero-order valence-corrected chi connectivity index (χ0v) is 11.7. The van der Waals surface area contributed by atoms with Crippen LogP contribution < -0.4 is 5.32 Å². The van der Waals surface area contributed by atoms with Crippen molar-refractivity contribution in [3.05, 3.63) is 59.7 Å². The molecule has 2 aromatic rings. The smallest absolute Gasteiger partial charge is 0.133 e. The van der Waals surface area contributed by atoms with Crippen molar-refractivity contribution in [1.82, 2.24) is 10.2 Å². The predicted octanol–water partition coefficient (Wildman–Crippen LogP) is 3.05. The third-order valence-corrected chi connectivity index (χ3v) is 3.78. The van der Waals surface area contributed by atoms with Crippen LogP contribution in [0.5, 0.6) is 0 Å². The predicted molar refractivity (Wildman–Crippen MR) is 78.9 cm³/mol. The van der Waals surface area contributed by atoms with Gasteiger partial charge in [0.2, 0.25) is 0 Å². The van der Waals surface area contributed by atoms with Crippen LogP contribution >= 0.6 is 0 Å². The standard InChI is InChI=1S/C17H17F2N2/c18-14-5-6-16(17(19)11-14)15-4-2-1-3-13(15)12-21-9-7-20-8-10-21/h1-6,11H,7-10,12H2. The molecule has 2 aromatic carbocycles. The Hall–Kier alpha value is -1.78. The summed E-state index contributed by atoms with van der Waals surface area (Å²) in [5.74, 6) is -1.07. The molecule has 1 aliphatic heterocycles. The van der Waals surface area contributed by atoms with Crippen molar-refractivity contribution in [3.8, 4) is 11.1 Å². The Kier molecular flexibility index (Phi) is 4.27. The molecule has 2 nitrogen and oxygen atoms in total. The Labute approximate surface area is 123 Å². The van der Waals surface area contributed by atoms with E-state index in [1.165, 1.54) is 12.1 Å². The fourth-order valence-corrected chi connectivity index (χ4v) is 2.68. The highest BCUT2D eigenvalue weighted by Crippen LogP contribution is 2.27. The van der Waals surface area contributed by atoms with Gasteiger partial charge >= 0.3 is 0 Å². The van der Waals surface area contributed by atoms with Gasteiger partial charge in [-0.1, -0.05) is 24.3 Å². The second-order valence-corrected chi connectivity index (χ2v) is 5.23. The molecule has 0 spiro atoms. The first-order valence-corrected chi connectivity index (χ1v) is 7.13. The minimum Gasteiger partial charge on any atom is -0.296 e. The summed E-state index contributed by atoms with van der Waals surface area (Å²) in [6, 6.07) is 11.5. The zero-order chi connectivity index (χ0) is 14.7. The van der Waals surface area contributed by atoms with Gasteiger partial charge in [-0.2, -0.15) is 0 Å². The third-order valence-electron chi connectivity index (χ3n) is 3.78. The van der Waals surface area contributed by atoms with Gasteiger partial charge in [0, 0.05) is 44.4 Å². The molecule has 0 saturated carbocycles. The van der Waals surface area contributed by atoms with Crippen molar-refractivity contribution in [2.45, 2.75) is 6.54 Å². The van der Waals surface area contributed by atoms with E-state index in [-0.39, 0.29) is 0 Å². The van der Waals surface area contributed by atoms with Gasteiger partial charge in [0.15, 0.2) is 0 Å². The zero-order valence-electron chi connectivity index (χ0n) is 11.7. The Bertz CT molecular complexity index is 622. The number of piperazine rings is 1. The average molecular weight is 287 g/mol. The van der Waals surface area contributed by atoms with Gasteiger partial charge < -0.3 is 0 Å². The number of hydrogen-bond donors (Lipinski definition) is 0. The Morgan fingerprint density at radius 3 is 2.48 bits per heavy atom. The lowest BCUT2D eigenvalue weighted by atomic mass is 9.98. The second-order valence-electron chi connectivity index (χ2n) is 5.23. The molecule has 0 amide bonds. The highest BCUT2D eigenvalue weighted by molar-refractivity contribution is 5.67. The summed E-state index contributed by atoms with van der Waals surface area (Å²) in [6.45, 7) is 4.34. The molecule has 1 saturated heterocycles. The average Bonchev–Trinajstić information content (AvgIpc) is 2.49. The lowest BCUT2D eigenvalue weighted by Crippen LogP contribution is -2.39. The number of hydrogen-bond acceptors (Lipinski definition) is 1. The first-order valence-electron chi connectivity index (χ1n) is 7.13. The Morgan fingerprint density at radius 2 is 1.71 bits per heavy atom. The van der Waals surface area contributed by atoms with Crippen LogP contribution in [0.3, 0.4) is 0 Å². The van der Waals surface area contributed by atoms with Gasteiger partial charge in [-0.25, -0.2) is 14.1 Å². The normalized spacial score (nSPS) is 16.1. The van der Waals surface area contributed by atoms with Crippen molar-refractivity contribution in [2.24, 2.45) is 0 Å². The molecule has 4 heteroatoms. The van der Waals surface area contributed by atoms with Crippen LogP contribution in [0.15, 0.2) is 42.5 Å². The van der Waals surface area contributed by atoms with Crippen molar-refractivity contribution < 1.29 is 8.78 Å². The lowest BCUT2D eigenvalue weighted by molar-refractivity contribution is 0.231. The van der Waals surface area contributed by atoms with E-state index >= 15 is 0 Å². The first-order chi connectivity index (χ1) is 10.2. The van der Waals surface area contributed by atoms with E-state index < -0.39 is 11.6 Å². The lowest BCUT2D eigenvalue weighted by Gasteiger charge is -2.27.